The first kappa shape index (κ1) is 21.3. The minimum absolute atomic E-state index is 0.0929. The quantitative estimate of drug-likeness (QED) is 0.463. The van der Waals surface area contributed by atoms with Crippen LogP contribution < -0.4 is 10.5 Å². The van der Waals surface area contributed by atoms with Crippen LogP contribution in [0.25, 0.3) is 11.0 Å². The Hall–Kier alpha value is -3.92. The minimum atomic E-state index is -4.24. The number of aromatic nitrogens is 2. The van der Waals surface area contributed by atoms with Gasteiger partial charge in [-0.1, -0.05) is 24.3 Å². The largest absolute Gasteiger partial charge is 0.366 e. The molecular formula is C22H16F2N4O3S. The van der Waals surface area contributed by atoms with Gasteiger partial charge in [0.05, 0.1) is 16.8 Å². The Morgan fingerprint density at radius 3 is 2.47 bits per heavy atom. The highest BCUT2D eigenvalue weighted by molar-refractivity contribution is 7.93. The maximum absolute atomic E-state index is 14.2. The molecule has 7 nitrogen and oxygen atoms in total. The summed E-state index contributed by atoms with van der Waals surface area (Å²) >= 11 is 0. The molecule has 1 amide bonds. The van der Waals surface area contributed by atoms with Crippen molar-refractivity contribution in [2.75, 3.05) is 4.72 Å². The number of primary amides is 1. The molecule has 0 unspecified atom stereocenters. The highest BCUT2D eigenvalue weighted by Crippen LogP contribution is 2.29. The van der Waals surface area contributed by atoms with Crippen molar-refractivity contribution in [3.8, 4) is 0 Å². The fourth-order valence-electron chi connectivity index (χ4n) is 3.32. The van der Waals surface area contributed by atoms with E-state index in [2.05, 4.69) is 14.7 Å². The van der Waals surface area contributed by atoms with Gasteiger partial charge in [-0.25, -0.2) is 17.2 Å². The Kier molecular flexibility index (Phi) is 5.54. The molecule has 32 heavy (non-hydrogen) atoms. The number of halogens is 2. The van der Waals surface area contributed by atoms with Crippen LogP contribution in [0.2, 0.25) is 0 Å². The van der Waals surface area contributed by atoms with Crippen molar-refractivity contribution in [2.45, 2.75) is 11.3 Å². The first-order valence-corrected chi connectivity index (χ1v) is 10.8. The average Bonchev–Trinajstić information content (AvgIpc) is 2.76. The Morgan fingerprint density at radius 2 is 1.72 bits per heavy atom. The van der Waals surface area contributed by atoms with Crippen molar-refractivity contribution < 1.29 is 22.0 Å². The summed E-state index contributed by atoms with van der Waals surface area (Å²) < 4.78 is 56.4. The third-order valence-electron chi connectivity index (χ3n) is 4.80. The molecule has 1 aromatic heterocycles. The van der Waals surface area contributed by atoms with Gasteiger partial charge in [-0.2, -0.15) is 0 Å². The number of carbonyl (C=O) groups excluding carboxylic acids is 1. The molecule has 1 heterocycles. The van der Waals surface area contributed by atoms with Gasteiger partial charge in [0, 0.05) is 24.9 Å². The lowest BCUT2D eigenvalue weighted by Gasteiger charge is -2.16. The summed E-state index contributed by atoms with van der Waals surface area (Å²) in [6, 6.07) is 11.9. The van der Waals surface area contributed by atoms with Crippen molar-refractivity contribution in [3.05, 3.63) is 95.3 Å². The molecule has 0 aliphatic heterocycles. The Morgan fingerprint density at radius 1 is 0.969 bits per heavy atom. The molecule has 0 saturated heterocycles. The molecule has 0 atom stereocenters. The van der Waals surface area contributed by atoms with E-state index in [4.69, 9.17) is 5.73 Å². The summed E-state index contributed by atoms with van der Waals surface area (Å²) in [6.45, 7) is 0. The summed E-state index contributed by atoms with van der Waals surface area (Å²) in [5, 5.41) is 0. The van der Waals surface area contributed by atoms with E-state index in [1.807, 2.05) is 0 Å². The lowest BCUT2D eigenvalue weighted by atomic mass is 9.99. The zero-order valence-electron chi connectivity index (χ0n) is 16.4. The van der Waals surface area contributed by atoms with Crippen LogP contribution >= 0.6 is 0 Å². The maximum atomic E-state index is 14.2. The number of nitrogens with two attached hydrogens (primary N) is 1. The zero-order chi connectivity index (χ0) is 22.9. The number of carbonyl (C=O) groups is 1. The highest BCUT2D eigenvalue weighted by atomic mass is 32.2. The molecule has 0 spiro atoms. The number of fused-ring (bicyclic) bond motifs is 1. The molecule has 3 aromatic carbocycles. The number of nitrogens with zero attached hydrogens (tertiary/aromatic N) is 2. The summed E-state index contributed by atoms with van der Waals surface area (Å²) in [4.78, 5) is 20.1. The van der Waals surface area contributed by atoms with E-state index in [0.29, 0.717) is 5.52 Å². The van der Waals surface area contributed by atoms with Gasteiger partial charge < -0.3 is 5.73 Å². The van der Waals surface area contributed by atoms with Crippen molar-refractivity contribution in [2.24, 2.45) is 5.73 Å². The monoisotopic (exact) mass is 454 g/mol. The molecule has 0 aliphatic carbocycles. The van der Waals surface area contributed by atoms with Crippen molar-refractivity contribution in [3.63, 3.8) is 0 Å². The van der Waals surface area contributed by atoms with Crippen LogP contribution in [0.4, 0.5) is 14.5 Å². The standard InChI is InChI=1S/C22H16F2N4O3S/c23-15-8-7-13(17(24)12-15)11-14-3-1-4-16(22(25)29)20(14)28-32(30,31)19-6-2-5-18-21(19)27-10-9-26-18/h1-10,12,28H,11H2,(H2,25,29). The highest BCUT2D eigenvalue weighted by Gasteiger charge is 2.23. The first-order chi connectivity index (χ1) is 15.3. The molecule has 0 bridgehead atoms. The topological polar surface area (TPSA) is 115 Å². The third-order valence-corrected chi connectivity index (χ3v) is 6.18. The van der Waals surface area contributed by atoms with Gasteiger partial charge in [0.15, 0.2) is 0 Å². The zero-order valence-corrected chi connectivity index (χ0v) is 17.2. The van der Waals surface area contributed by atoms with Crippen LogP contribution in [0.3, 0.4) is 0 Å². The SMILES string of the molecule is NC(=O)c1cccc(Cc2ccc(F)cc2F)c1NS(=O)(=O)c1cccc2nccnc12. The van der Waals surface area contributed by atoms with Gasteiger partial charge in [-0.05, 0) is 35.4 Å². The van der Waals surface area contributed by atoms with Crippen LogP contribution in [-0.4, -0.2) is 24.3 Å². The van der Waals surface area contributed by atoms with E-state index in [9.17, 15) is 22.0 Å². The Balaban J connectivity index is 1.82. The second-order valence-electron chi connectivity index (χ2n) is 6.90. The summed E-state index contributed by atoms with van der Waals surface area (Å²) in [5.74, 6) is -2.41. The van der Waals surface area contributed by atoms with Crippen LogP contribution in [0.1, 0.15) is 21.5 Å². The number of sulfonamides is 1. The molecule has 10 heteroatoms. The summed E-state index contributed by atoms with van der Waals surface area (Å²) in [5.41, 5.74) is 6.17. The summed E-state index contributed by atoms with van der Waals surface area (Å²) in [6.07, 6.45) is 2.69. The van der Waals surface area contributed by atoms with Crippen LogP contribution in [0.5, 0.6) is 0 Å². The van der Waals surface area contributed by atoms with Crippen LogP contribution in [0, 0.1) is 11.6 Å². The van der Waals surface area contributed by atoms with Gasteiger partial charge in [0.1, 0.15) is 22.0 Å². The molecule has 3 N–H and O–H groups in total. The first-order valence-electron chi connectivity index (χ1n) is 9.34. The maximum Gasteiger partial charge on any atom is 0.264 e. The van der Waals surface area contributed by atoms with E-state index < -0.39 is 27.6 Å². The van der Waals surface area contributed by atoms with E-state index in [-0.39, 0.29) is 39.2 Å². The molecule has 0 radical (unpaired) electrons. The lowest BCUT2D eigenvalue weighted by Crippen LogP contribution is -2.20. The van der Waals surface area contributed by atoms with E-state index in [0.717, 1.165) is 12.1 Å². The van der Waals surface area contributed by atoms with E-state index in [1.165, 1.54) is 48.8 Å². The normalized spacial score (nSPS) is 11.4. The molecule has 4 aromatic rings. The van der Waals surface area contributed by atoms with Crippen LogP contribution in [-0.2, 0) is 16.4 Å². The number of anilines is 1. The predicted octanol–water partition coefficient (Wildman–Crippen LogP) is 3.40. The lowest BCUT2D eigenvalue weighted by molar-refractivity contribution is 0.100. The van der Waals surface area contributed by atoms with E-state index in [1.54, 1.807) is 6.07 Å². The molecule has 0 fully saturated rings. The van der Waals surface area contributed by atoms with Crippen LogP contribution in [0.15, 0.2) is 71.9 Å². The van der Waals surface area contributed by atoms with Crippen molar-refractivity contribution >= 4 is 32.7 Å². The van der Waals surface area contributed by atoms with Gasteiger partial charge in [-0.15, -0.1) is 0 Å². The number of para-hydroxylation sites is 2. The average molecular weight is 454 g/mol. The minimum Gasteiger partial charge on any atom is -0.366 e. The molecule has 162 valence electrons. The van der Waals surface area contributed by atoms with Gasteiger partial charge in [-0.3, -0.25) is 19.5 Å². The number of hydrogen-bond donors (Lipinski definition) is 2. The number of amides is 1. The van der Waals surface area contributed by atoms with E-state index >= 15 is 0 Å². The number of nitrogens with one attached hydrogen (secondary N) is 1. The second-order valence-corrected chi connectivity index (χ2v) is 8.55. The Bertz CT molecular complexity index is 1450. The Labute approximate surface area is 182 Å². The number of hydrogen-bond acceptors (Lipinski definition) is 5. The van der Waals surface area contributed by atoms with Gasteiger partial charge in [0.2, 0.25) is 0 Å². The van der Waals surface area contributed by atoms with Crippen molar-refractivity contribution in [1.29, 1.82) is 0 Å². The third kappa shape index (κ3) is 4.12. The predicted molar refractivity (Wildman–Crippen MR) is 114 cm³/mol. The molecular weight excluding hydrogens is 438 g/mol. The number of benzene rings is 3. The molecule has 0 aliphatic rings. The number of rotatable bonds is 6. The second kappa shape index (κ2) is 8.31. The van der Waals surface area contributed by atoms with Gasteiger partial charge >= 0.3 is 0 Å². The summed E-state index contributed by atoms with van der Waals surface area (Å²) in [7, 11) is -4.24. The molecule has 0 saturated carbocycles. The fourth-order valence-corrected chi connectivity index (χ4v) is 4.61. The van der Waals surface area contributed by atoms with Gasteiger partial charge in [0.25, 0.3) is 15.9 Å². The van der Waals surface area contributed by atoms with Crippen molar-refractivity contribution in [1.82, 2.24) is 9.97 Å². The smallest absolute Gasteiger partial charge is 0.264 e. The fraction of sp³-hybridized carbons (Fsp3) is 0.0455. The molecule has 4 rings (SSSR count).